The van der Waals surface area contributed by atoms with Gasteiger partial charge in [-0.15, -0.1) is 11.3 Å². The van der Waals surface area contributed by atoms with E-state index >= 15 is 0 Å². The number of thiophene rings is 1. The summed E-state index contributed by atoms with van der Waals surface area (Å²) in [6.07, 6.45) is 0. The van der Waals surface area contributed by atoms with Crippen LogP contribution in [-0.4, -0.2) is 6.04 Å². The predicted molar refractivity (Wildman–Crippen MR) is 52.6 cm³/mol. The van der Waals surface area contributed by atoms with Gasteiger partial charge in [-0.05, 0) is 35.0 Å². The van der Waals surface area contributed by atoms with Gasteiger partial charge >= 0.3 is 0 Å². The standard InChI is InChI=1S/C7H11BrN2S/c1-4(9)7(10)5-2-3-6(8)11-5/h2-4,7H,9-10H2,1H3. The van der Waals surface area contributed by atoms with Crippen molar-refractivity contribution in [1.29, 1.82) is 0 Å². The fourth-order valence-corrected chi connectivity index (χ4v) is 2.31. The molecule has 0 aliphatic carbocycles. The summed E-state index contributed by atoms with van der Waals surface area (Å²) in [4.78, 5) is 1.13. The molecule has 11 heavy (non-hydrogen) atoms. The molecule has 0 fully saturated rings. The molecule has 4 N–H and O–H groups in total. The van der Waals surface area contributed by atoms with E-state index in [2.05, 4.69) is 15.9 Å². The van der Waals surface area contributed by atoms with E-state index < -0.39 is 0 Å². The van der Waals surface area contributed by atoms with Crippen LogP contribution in [0.3, 0.4) is 0 Å². The SMILES string of the molecule is CC(N)C(N)c1ccc(Br)s1. The third kappa shape index (κ3) is 2.27. The Morgan fingerprint density at radius 2 is 2.09 bits per heavy atom. The van der Waals surface area contributed by atoms with Crippen molar-refractivity contribution in [3.05, 3.63) is 20.8 Å². The zero-order valence-electron chi connectivity index (χ0n) is 6.25. The van der Waals surface area contributed by atoms with Crippen LogP contribution >= 0.6 is 27.3 Å². The molecule has 1 aromatic heterocycles. The van der Waals surface area contributed by atoms with Crippen LogP contribution in [0.1, 0.15) is 17.8 Å². The summed E-state index contributed by atoms with van der Waals surface area (Å²) in [5.41, 5.74) is 11.5. The largest absolute Gasteiger partial charge is 0.326 e. The normalized spacial score (nSPS) is 16.4. The topological polar surface area (TPSA) is 52.0 Å². The minimum absolute atomic E-state index is 0.0144. The Morgan fingerprint density at radius 1 is 1.45 bits per heavy atom. The Kier molecular flexibility index (Phi) is 3.06. The van der Waals surface area contributed by atoms with Crippen molar-refractivity contribution in [3.8, 4) is 0 Å². The molecule has 4 heteroatoms. The van der Waals surface area contributed by atoms with Crippen molar-refractivity contribution in [1.82, 2.24) is 0 Å². The number of nitrogens with two attached hydrogens (primary N) is 2. The first-order valence-electron chi connectivity index (χ1n) is 3.37. The van der Waals surface area contributed by atoms with Gasteiger partial charge in [0.25, 0.3) is 0 Å². The molecule has 2 atom stereocenters. The summed E-state index contributed by atoms with van der Waals surface area (Å²) in [5, 5.41) is 0. The number of rotatable bonds is 2. The summed E-state index contributed by atoms with van der Waals surface area (Å²) in [6.45, 7) is 1.91. The highest BCUT2D eigenvalue weighted by Crippen LogP contribution is 2.26. The Balaban J connectivity index is 2.76. The number of halogens is 1. The molecular weight excluding hydrogens is 224 g/mol. The lowest BCUT2D eigenvalue weighted by Gasteiger charge is -2.12. The second-order valence-corrected chi connectivity index (χ2v) is 5.02. The van der Waals surface area contributed by atoms with Crippen molar-refractivity contribution in [2.24, 2.45) is 11.5 Å². The minimum Gasteiger partial charge on any atom is -0.326 e. The molecule has 1 heterocycles. The summed E-state index contributed by atoms with van der Waals surface area (Å²) >= 11 is 5.01. The van der Waals surface area contributed by atoms with Crippen molar-refractivity contribution in [2.75, 3.05) is 0 Å². The Labute approximate surface area is 78.7 Å². The van der Waals surface area contributed by atoms with Crippen LogP contribution < -0.4 is 11.5 Å². The average Bonchev–Trinajstić information content (AvgIpc) is 2.34. The van der Waals surface area contributed by atoms with Gasteiger partial charge in [0.2, 0.25) is 0 Å². The van der Waals surface area contributed by atoms with Crippen molar-refractivity contribution in [3.63, 3.8) is 0 Å². The zero-order chi connectivity index (χ0) is 8.43. The second kappa shape index (κ2) is 3.67. The smallest absolute Gasteiger partial charge is 0.0702 e. The molecule has 2 unspecified atom stereocenters. The van der Waals surface area contributed by atoms with E-state index in [1.165, 1.54) is 0 Å². The highest BCUT2D eigenvalue weighted by atomic mass is 79.9. The molecule has 2 nitrogen and oxygen atoms in total. The second-order valence-electron chi connectivity index (χ2n) is 2.53. The lowest BCUT2D eigenvalue weighted by Crippen LogP contribution is -2.30. The van der Waals surface area contributed by atoms with E-state index in [1.54, 1.807) is 11.3 Å². The quantitative estimate of drug-likeness (QED) is 0.821. The fraction of sp³-hybridized carbons (Fsp3) is 0.429. The molecule has 0 aromatic carbocycles. The highest BCUT2D eigenvalue weighted by molar-refractivity contribution is 9.11. The van der Waals surface area contributed by atoms with Gasteiger partial charge in [-0.2, -0.15) is 0 Å². The summed E-state index contributed by atoms with van der Waals surface area (Å²) in [5.74, 6) is 0. The Bertz CT molecular complexity index is 234. The maximum atomic E-state index is 5.82. The predicted octanol–water partition coefficient (Wildman–Crippen LogP) is 1.86. The van der Waals surface area contributed by atoms with Gasteiger partial charge < -0.3 is 11.5 Å². The molecule has 0 radical (unpaired) electrons. The Hall–Kier alpha value is 0.1000. The van der Waals surface area contributed by atoms with Gasteiger partial charge in [0.05, 0.1) is 9.83 Å². The third-order valence-electron chi connectivity index (χ3n) is 1.49. The summed E-state index contributed by atoms with van der Waals surface area (Å²) in [7, 11) is 0. The third-order valence-corrected chi connectivity index (χ3v) is 3.21. The molecule has 0 aliphatic rings. The van der Waals surface area contributed by atoms with Gasteiger partial charge in [0.15, 0.2) is 0 Å². The molecule has 1 aromatic rings. The van der Waals surface area contributed by atoms with Crippen LogP contribution in [0.4, 0.5) is 0 Å². The van der Waals surface area contributed by atoms with Crippen LogP contribution in [0.2, 0.25) is 0 Å². The molecule has 1 rings (SSSR count). The first kappa shape index (κ1) is 9.19. The van der Waals surface area contributed by atoms with E-state index in [4.69, 9.17) is 11.5 Å². The van der Waals surface area contributed by atoms with Gasteiger partial charge in [-0.1, -0.05) is 0 Å². The summed E-state index contributed by atoms with van der Waals surface area (Å²) in [6, 6.07) is 3.97. The number of hydrogen-bond donors (Lipinski definition) is 2. The van der Waals surface area contributed by atoms with E-state index in [9.17, 15) is 0 Å². The maximum Gasteiger partial charge on any atom is 0.0702 e. The first-order valence-corrected chi connectivity index (χ1v) is 4.98. The molecule has 0 saturated heterocycles. The van der Waals surface area contributed by atoms with Gasteiger partial charge in [-0.25, -0.2) is 0 Å². The van der Waals surface area contributed by atoms with Gasteiger partial charge in [0.1, 0.15) is 0 Å². The molecule has 0 amide bonds. The first-order chi connectivity index (χ1) is 5.11. The zero-order valence-corrected chi connectivity index (χ0v) is 8.65. The molecule has 0 saturated carbocycles. The maximum absolute atomic E-state index is 5.82. The minimum atomic E-state index is -0.0358. The fourth-order valence-electron chi connectivity index (χ4n) is 0.767. The highest BCUT2D eigenvalue weighted by Gasteiger charge is 2.12. The van der Waals surface area contributed by atoms with Crippen LogP contribution in [0.15, 0.2) is 15.9 Å². The molecule has 0 bridgehead atoms. The van der Waals surface area contributed by atoms with Gasteiger partial charge in [-0.3, -0.25) is 0 Å². The van der Waals surface area contributed by atoms with Crippen molar-refractivity contribution < 1.29 is 0 Å². The van der Waals surface area contributed by atoms with Crippen LogP contribution in [0, 0.1) is 0 Å². The molecule has 62 valence electrons. The number of hydrogen-bond acceptors (Lipinski definition) is 3. The van der Waals surface area contributed by atoms with Gasteiger partial charge in [0, 0.05) is 10.9 Å². The van der Waals surface area contributed by atoms with Crippen molar-refractivity contribution >= 4 is 27.3 Å². The van der Waals surface area contributed by atoms with E-state index in [0.717, 1.165) is 8.66 Å². The lowest BCUT2D eigenvalue weighted by molar-refractivity contribution is 0.598. The molecular formula is C7H11BrN2S. The van der Waals surface area contributed by atoms with Crippen LogP contribution in [0.5, 0.6) is 0 Å². The summed E-state index contributed by atoms with van der Waals surface area (Å²) < 4.78 is 1.10. The Morgan fingerprint density at radius 3 is 2.45 bits per heavy atom. The van der Waals surface area contributed by atoms with Crippen molar-refractivity contribution in [2.45, 2.75) is 19.0 Å². The molecule has 0 aliphatic heterocycles. The average molecular weight is 235 g/mol. The van der Waals surface area contributed by atoms with E-state index in [1.807, 2.05) is 19.1 Å². The lowest BCUT2D eigenvalue weighted by atomic mass is 10.1. The monoisotopic (exact) mass is 234 g/mol. The van der Waals surface area contributed by atoms with E-state index in [0.29, 0.717) is 0 Å². The van der Waals surface area contributed by atoms with E-state index in [-0.39, 0.29) is 12.1 Å². The van der Waals surface area contributed by atoms with Crippen LogP contribution in [-0.2, 0) is 0 Å². The molecule has 0 spiro atoms. The van der Waals surface area contributed by atoms with Crippen LogP contribution in [0.25, 0.3) is 0 Å².